The lowest BCUT2D eigenvalue weighted by molar-refractivity contribution is -0.317. The molecule has 1 amide bonds. The number of aromatic carboxylic acids is 1. The highest BCUT2D eigenvalue weighted by molar-refractivity contribution is 7.99. The van der Waals surface area contributed by atoms with E-state index in [9.17, 15) is 44.7 Å². The number of likely N-dealkylation sites (N-methyl/N-ethyl adjacent to an activating group) is 2. The second-order valence-corrected chi connectivity index (χ2v) is 25.4. The maximum atomic E-state index is 14.8. The molecule has 484 valence electrons. The van der Waals surface area contributed by atoms with Crippen LogP contribution in [0.2, 0.25) is 0 Å². The molecule has 6 N–H and O–H groups in total. The van der Waals surface area contributed by atoms with E-state index in [2.05, 4.69) is 15.4 Å². The number of carboxylic acid groups (broad SMARTS) is 1. The molecule has 0 radical (unpaired) electrons. The van der Waals surface area contributed by atoms with Gasteiger partial charge in [-0.2, -0.15) is 0 Å². The van der Waals surface area contributed by atoms with E-state index in [0.29, 0.717) is 36.6 Å². The molecule has 2 aromatic rings. The lowest BCUT2D eigenvalue weighted by Gasteiger charge is -2.49. The number of ether oxygens (including phenoxy) is 8. The smallest absolute Gasteiger partial charge is 0.407 e. The van der Waals surface area contributed by atoms with Gasteiger partial charge >= 0.3 is 18.0 Å². The first-order valence-corrected chi connectivity index (χ1v) is 30.9. The molecule has 4 heterocycles. The van der Waals surface area contributed by atoms with Crippen molar-refractivity contribution < 1.29 is 82.6 Å². The molecule has 3 saturated heterocycles. The molecular weight excluding hydrogens is 1120 g/mol. The second kappa shape index (κ2) is 31.3. The van der Waals surface area contributed by atoms with Crippen LogP contribution in [0.3, 0.4) is 0 Å². The lowest BCUT2D eigenvalue weighted by Crippen LogP contribution is -2.61. The summed E-state index contributed by atoms with van der Waals surface area (Å²) in [4.78, 5) is 63.8. The Kier molecular flexibility index (Phi) is 26.3. The SMILES string of the molecule is CC[C@H]1OC(=O)[C@H](C)[C@@H](O[C@H]2C[C@@](C)(OC)[C@@H](OC(=O)NCCOCCSc3ccc4c(c3)c(=O)c(C(=O)O)cn4N(C)C)[C@H](C)O2)[C@H](C)[C@@H](O[C@@H]2O[C@H](C)C[C@H](N(C)C)[C@H]2O)[C@](C)(O)C[C@@H](C)C(=NOCCN(CC)CC)C(C)[C@@H](O)[C@]1(C)O. The molecule has 85 heavy (non-hydrogen) atoms. The van der Waals surface area contributed by atoms with Crippen LogP contribution in [0.1, 0.15) is 119 Å². The summed E-state index contributed by atoms with van der Waals surface area (Å²) < 4.78 is 52.4. The summed E-state index contributed by atoms with van der Waals surface area (Å²) in [6, 6.07) is 4.91. The minimum atomic E-state index is -2.00. The third-order valence-electron chi connectivity index (χ3n) is 17.2. The Morgan fingerprint density at radius 3 is 2.20 bits per heavy atom. The van der Waals surface area contributed by atoms with Crippen LogP contribution in [0.25, 0.3) is 10.9 Å². The number of nitrogens with one attached hydrogen (secondary N) is 1. The van der Waals surface area contributed by atoms with Crippen LogP contribution in [0, 0.1) is 23.7 Å². The number of pyridine rings is 1. The van der Waals surface area contributed by atoms with E-state index in [0.717, 1.165) is 18.0 Å². The van der Waals surface area contributed by atoms with Crippen LogP contribution < -0.4 is 15.8 Å². The third kappa shape index (κ3) is 17.8. The molecule has 5 rings (SSSR count). The largest absolute Gasteiger partial charge is 0.477 e. The number of aromatic nitrogens is 1. The fourth-order valence-electron chi connectivity index (χ4n) is 12.2. The number of rotatable bonds is 23. The van der Waals surface area contributed by atoms with Crippen molar-refractivity contribution in [3.63, 3.8) is 0 Å². The number of fused-ring (bicyclic) bond motifs is 1. The van der Waals surface area contributed by atoms with Crippen LogP contribution >= 0.6 is 11.8 Å². The van der Waals surface area contributed by atoms with Gasteiger partial charge in [0.05, 0.1) is 66.5 Å². The average Bonchev–Trinajstić information content (AvgIpc) is 2.48. The Morgan fingerprint density at radius 2 is 1.59 bits per heavy atom. The van der Waals surface area contributed by atoms with Crippen LogP contribution in [-0.4, -0.2) is 235 Å². The van der Waals surface area contributed by atoms with Gasteiger partial charge in [0, 0.05) is 86.7 Å². The fraction of sp³-hybridized carbons (Fsp3) is 0.783. The molecule has 24 nitrogen and oxygen atoms in total. The number of benzene rings is 1. The molecule has 18 atom stereocenters. The number of thioether (sulfide) groups is 1. The number of carbonyl (C=O) groups is 3. The summed E-state index contributed by atoms with van der Waals surface area (Å²) in [7, 11) is 8.68. The van der Waals surface area contributed by atoms with E-state index in [-0.39, 0.29) is 62.1 Å². The van der Waals surface area contributed by atoms with Gasteiger partial charge in [-0.1, -0.05) is 46.7 Å². The maximum absolute atomic E-state index is 14.8. The zero-order chi connectivity index (χ0) is 63.5. The summed E-state index contributed by atoms with van der Waals surface area (Å²) in [5.41, 5.74) is -5.04. The number of nitrogens with zero attached hydrogens (tertiary/aromatic N) is 5. The van der Waals surface area contributed by atoms with E-state index in [1.807, 2.05) is 52.8 Å². The quantitative estimate of drug-likeness (QED) is 0.0381. The highest BCUT2D eigenvalue weighted by atomic mass is 32.2. The van der Waals surface area contributed by atoms with Crippen LogP contribution in [0.15, 0.2) is 39.2 Å². The monoisotopic (exact) mass is 1220 g/mol. The number of carboxylic acids is 1. The van der Waals surface area contributed by atoms with E-state index < -0.39 is 119 Å². The van der Waals surface area contributed by atoms with Gasteiger partial charge in [0.1, 0.15) is 35.6 Å². The van der Waals surface area contributed by atoms with Crippen molar-refractivity contribution in [1.29, 1.82) is 0 Å². The van der Waals surface area contributed by atoms with Gasteiger partial charge in [-0.05, 0) is 106 Å². The predicted molar refractivity (Wildman–Crippen MR) is 321 cm³/mol. The van der Waals surface area contributed by atoms with Gasteiger partial charge in [-0.25, -0.2) is 9.59 Å². The fourth-order valence-corrected chi connectivity index (χ4v) is 13.0. The number of hydrogen-bond donors (Lipinski definition) is 6. The molecular formula is C60H100N6O18S. The Labute approximate surface area is 506 Å². The Bertz CT molecular complexity index is 2590. The van der Waals surface area contributed by atoms with Gasteiger partial charge in [0.15, 0.2) is 18.7 Å². The zero-order valence-electron chi connectivity index (χ0n) is 53.1. The minimum Gasteiger partial charge on any atom is -0.477 e. The van der Waals surface area contributed by atoms with Crippen molar-refractivity contribution in [1.82, 2.24) is 19.8 Å². The number of esters is 1. The van der Waals surface area contributed by atoms with Crippen molar-refractivity contribution in [2.24, 2.45) is 28.8 Å². The summed E-state index contributed by atoms with van der Waals surface area (Å²) in [6.45, 7) is 24.1. The predicted octanol–water partition coefficient (Wildman–Crippen LogP) is 4.68. The lowest BCUT2D eigenvalue weighted by atomic mass is 9.73. The summed E-state index contributed by atoms with van der Waals surface area (Å²) in [5.74, 6) is -5.16. The van der Waals surface area contributed by atoms with Gasteiger partial charge in [0.25, 0.3) is 0 Å². The number of aliphatic hydroxyl groups is 4. The van der Waals surface area contributed by atoms with E-state index in [1.54, 1.807) is 84.4 Å². The minimum absolute atomic E-state index is 0.0167. The number of aliphatic hydroxyl groups excluding tert-OH is 2. The summed E-state index contributed by atoms with van der Waals surface area (Å²) >= 11 is 1.43. The molecule has 0 spiro atoms. The number of amides is 1. The van der Waals surface area contributed by atoms with Crippen molar-refractivity contribution in [3.05, 3.63) is 40.2 Å². The van der Waals surface area contributed by atoms with Crippen LogP contribution in [0.5, 0.6) is 0 Å². The molecule has 1 aromatic heterocycles. The van der Waals surface area contributed by atoms with E-state index >= 15 is 0 Å². The molecule has 1 aromatic carbocycles. The average molecular weight is 1230 g/mol. The van der Waals surface area contributed by atoms with Crippen molar-refractivity contribution in [2.45, 2.75) is 198 Å². The molecule has 3 aliphatic rings. The Balaban J connectivity index is 1.36. The molecule has 3 fully saturated rings. The molecule has 0 bridgehead atoms. The van der Waals surface area contributed by atoms with Crippen LogP contribution in [-0.2, 0) is 47.5 Å². The molecule has 0 aliphatic carbocycles. The molecule has 0 saturated carbocycles. The maximum Gasteiger partial charge on any atom is 0.407 e. The number of hydrogen-bond acceptors (Lipinski definition) is 22. The molecule has 25 heteroatoms. The summed E-state index contributed by atoms with van der Waals surface area (Å²) in [6.07, 6.45) is -9.77. The highest BCUT2D eigenvalue weighted by Gasteiger charge is 2.54. The number of carbonyl (C=O) groups excluding carboxylic acids is 2. The van der Waals surface area contributed by atoms with Gasteiger partial charge in [-0.3, -0.25) is 14.3 Å². The number of methoxy groups -OCH3 is 1. The number of oxime groups is 1. The first kappa shape index (κ1) is 71.5. The Hall–Kier alpha value is -4.22. The number of alkyl carbamates (subject to hydrolysis) is 1. The molecule has 3 aliphatic heterocycles. The van der Waals surface area contributed by atoms with Crippen LogP contribution in [0.4, 0.5) is 4.79 Å². The third-order valence-corrected chi connectivity index (χ3v) is 18.2. The summed E-state index contributed by atoms with van der Waals surface area (Å²) in [5, 5.41) is 68.3. The zero-order valence-corrected chi connectivity index (χ0v) is 54.0. The van der Waals surface area contributed by atoms with Crippen molar-refractivity contribution in [3.8, 4) is 0 Å². The normalized spacial score (nSPS) is 34.9. The van der Waals surface area contributed by atoms with E-state index in [4.69, 9.17) is 42.7 Å². The van der Waals surface area contributed by atoms with E-state index in [1.165, 1.54) is 32.0 Å². The standard InChI is InChI=1S/C60H100N6O18S/c1-18-45-60(12,75)51(69)36(6)47(62-78-26-24-65(19-2)20-3)34(4)31-58(10,74)52(83-56-49(68)44(63(13)14)29-35(5)79-56)37(7)50(38(8)55(72)81-45)82-46-32-59(11,76-17)53(39(9)80-46)84-57(73)61-23-25-77-27-28-85-40-21-22-43-41(30-40)48(67)42(54(70)71)33-66(43)64(15)16/h21-22,30,33-39,44-46,49-53,56,68-69,74-75H,18-20,23-29,31-32H2,1-17H3,(H,61,73)(H,70,71)/t34-,35-,36?,37+,38-,39+,44+,45-,46+,49-,50+,51-,52-,53+,56+,58-,59-,60-/m1/s1. The van der Waals surface area contributed by atoms with Crippen molar-refractivity contribution in [2.75, 3.05) is 92.1 Å². The second-order valence-electron chi connectivity index (χ2n) is 24.3. The highest BCUT2D eigenvalue weighted by Crippen LogP contribution is 2.42. The Morgan fingerprint density at radius 1 is 0.906 bits per heavy atom. The van der Waals surface area contributed by atoms with Gasteiger partial charge in [-0.15, -0.1) is 11.8 Å². The topological polar surface area (TPSA) is 292 Å². The molecule has 1 unspecified atom stereocenters. The van der Waals surface area contributed by atoms with Gasteiger partial charge < -0.3 is 88.4 Å². The van der Waals surface area contributed by atoms with Gasteiger partial charge in [0.2, 0.25) is 5.43 Å². The first-order chi connectivity index (χ1) is 39.9. The number of cyclic esters (lactones) is 1. The van der Waals surface area contributed by atoms with Crippen molar-refractivity contribution >= 4 is 46.4 Å². The first-order valence-electron chi connectivity index (χ1n) is 29.9.